The molecule has 3 rings (SSSR count). The molecule has 2 N–H and O–H groups in total. The van der Waals surface area contributed by atoms with Crippen molar-refractivity contribution >= 4 is 23.2 Å². The third kappa shape index (κ3) is 4.35. The second-order valence-electron chi connectivity index (χ2n) is 6.16. The van der Waals surface area contributed by atoms with Crippen LogP contribution in [0.25, 0.3) is 0 Å². The van der Waals surface area contributed by atoms with E-state index >= 15 is 0 Å². The summed E-state index contributed by atoms with van der Waals surface area (Å²) in [6.45, 7) is 2.68. The van der Waals surface area contributed by atoms with Crippen LogP contribution >= 0.6 is 11.3 Å². The Morgan fingerprint density at radius 3 is 2.92 bits per heavy atom. The van der Waals surface area contributed by atoms with Crippen LogP contribution in [0.5, 0.6) is 11.5 Å². The van der Waals surface area contributed by atoms with E-state index in [0.717, 1.165) is 29.0 Å². The number of hydrogen-bond acceptors (Lipinski definition) is 5. The molecule has 0 radical (unpaired) electrons. The number of ether oxygens (including phenoxy) is 2. The number of carbonyl (C=O) groups excluding carboxylic acids is 2. The summed E-state index contributed by atoms with van der Waals surface area (Å²) in [5.74, 6) is 1.31. The fourth-order valence-corrected chi connectivity index (χ4v) is 3.52. The molecular weight excluding hydrogens is 352 g/mol. The van der Waals surface area contributed by atoms with Crippen molar-refractivity contribution in [3.8, 4) is 11.5 Å². The van der Waals surface area contributed by atoms with E-state index in [-0.39, 0.29) is 24.3 Å². The van der Waals surface area contributed by atoms with Crippen molar-refractivity contribution in [2.45, 2.75) is 32.4 Å². The van der Waals surface area contributed by atoms with Crippen LogP contribution in [0, 0.1) is 0 Å². The molecule has 0 fully saturated rings. The van der Waals surface area contributed by atoms with E-state index in [9.17, 15) is 9.59 Å². The van der Waals surface area contributed by atoms with E-state index in [1.807, 2.05) is 30.5 Å². The number of hydrogen-bond donors (Lipinski definition) is 2. The minimum Gasteiger partial charge on any atom is -0.496 e. The largest absolute Gasteiger partial charge is 0.496 e. The van der Waals surface area contributed by atoms with Gasteiger partial charge in [0.05, 0.1) is 12.0 Å². The highest BCUT2D eigenvalue weighted by Gasteiger charge is 2.21. The molecule has 2 amide bonds. The molecule has 2 heterocycles. The standard InChI is InChI=1S/C19H22N2O4S/c1-12-8-13-9-15(24-2)14(10-16(13)25-12)11-21-18(22)5-6-20-19(23)17-4-3-7-26-17/h3-4,7,9-10,12H,5-6,8,11H2,1-2H3,(H,20,23)(H,21,22). The average Bonchev–Trinajstić information content (AvgIpc) is 3.27. The minimum atomic E-state index is -0.153. The third-order valence-electron chi connectivity index (χ3n) is 4.16. The zero-order valence-corrected chi connectivity index (χ0v) is 15.7. The number of thiophene rings is 1. The Labute approximate surface area is 156 Å². The molecule has 0 bridgehead atoms. The Morgan fingerprint density at radius 1 is 1.35 bits per heavy atom. The maximum absolute atomic E-state index is 12.0. The topological polar surface area (TPSA) is 76.7 Å². The highest BCUT2D eigenvalue weighted by atomic mass is 32.1. The molecular formula is C19H22N2O4S. The first kappa shape index (κ1) is 18.3. The van der Waals surface area contributed by atoms with Gasteiger partial charge in [-0.1, -0.05) is 6.07 Å². The fraction of sp³-hybridized carbons (Fsp3) is 0.368. The normalized spacial score (nSPS) is 15.1. The fourth-order valence-electron chi connectivity index (χ4n) is 2.88. The first-order valence-corrected chi connectivity index (χ1v) is 9.39. The maximum atomic E-state index is 12.0. The molecule has 1 atom stereocenters. The van der Waals surface area contributed by atoms with Crippen LogP contribution in [-0.2, 0) is 17.8 Å². The van der Waals surface area contributed by atoms with Gasteiger partial charge >= 0.3 is 0 Å². The van der Waals surface area contributed by atoms with E-state index in [1.54, 1.807) is 13.2 Å². The zero-order valence-electron chi connectivity index (χ0n) is 14.8. The lowest BCUT2D eigenvalue weighted by Crippen LogP contribution is -2.30. The van der Waals surface area contributed by atoms with E-state index < -0.39 is 0 Å². The molecule has 1 aromatic carbocycles. The predicted molar refractivity (Wildman–Crippen MR) is 99.9 cm³/mol. The molecule has 2 aromatic rings. The van der Waals surface area contributed by atoms with Crippen molar-refractivity contribution in [3.05, 3.63) is 45.6 Å². The van der Waals surface area contributed by atoms with Gasteiger partial charge < -0.3 is 20.1 Å². The lowest BCUT2D eigenvalue weighted by Gasteiger charge is -2.12. The van der Waals surface area contributed by atoms with Crippen molar-refractivity contribution in [1.82, 2.24) is 10.6 Å². The molecule has 0 aliphatic carbocycles. The smallest absolute Gasteiger partial charge is 0.261 e. The number of carbonyl (C=O) groups is 2. The van der Waals surface area contributed by atoms with Gasteiger partial charge in [-0.25, -0.2) is 0 Å². The Morgan fingerprint density at radius 2 is 2.19 bits per heavy atom. The monoisotopic (exact) mass is 374 g/mol. The molecule has 138 valence electrons. The van der Waals surface area contributed by atoms with Crippen molar-refractivity contribution in [2.75, 3.05) is 13.7 Å². The van der Waals surface area contributed by atoms with E-state index in [2.05, 4.69) is 10.6 Å². The van der Waals surface area contributed by atoms with E-state index in [4.69, 9.17) is 9.47 Å². The lowest BCUT2D eigenvalue weighted by atomic mass is 10.1. The molecule has 1 aliphatic rings. The number of rotatable bonds is 7. The summed E-state index contributed by atoms with van der Waals surface area (Å²) in [7, 11) is 1.62. The minimum absolute atomic E-state index is 0.131. The van der Waals surface area contributed by atoms with Crippen molar-refractivity contribution in [1.29, 1.82) is 0 Å². The predicted octanol–water partition coefficient (Wildman–Crippen LogP) is 2.52. The van der Waals surface area contributed by atoms with Gasteiger partial charge in [-0.15, -0.1) is 11.3 Å². The molecule has 1 unspecified atom stereocenters. The summed E-state index contributed by atoms with van der Waals surface area (Å²) >= 11 is 1.37. The number of amides is 2. The number of methoxy groups -OCH3 is 1. The van der Waals surface area contributed by atoms with Gasteiger partial charge in [0.15, 0.2) is 0 Å². The van der Waals surface area contributed by atoms with Crippen LogP contribution in [0.4, 0.5) is 0 Å². The quantitative estimate of drug-likeness (QED) is 0.781. The van der Waals surface area contributed by atoms with Crippen LogP contribution in [0.2, 0.25) is 0 Å². The third-order valence-corrected chi connectivity index (χ3v) is 5.03. The Balaban J connectivity index is 1.48. The van der Waals surface area contributed by atoms with Crippen molar-refractivity contribution in [2.24, 2.45) is 0 Å². The number of benzene rings is 1. The van der Waals surface area contributed by atoms with Crippen LogP contribution in [-0.4, -0.2) is 31.6 Å². The maximum Gasteiger partial charge on any atom is 0.261 e. The van der Waals surface area contributed by atoms with Gasteiger partial charge in [0.2, 0.25) is 5.91 Å². The Kier molecular flexibility index (Phi) is 5.78. The summed E-state index contributed by atoms with van der Waals surface area (Å²) in [4.78, 5) is 24.5. The summed E-state index contributed by atoms with van der Waals surface area (Å²) in [6.07, 6.45) is 1.24. The molecule has 6 nitrogen and oxygen atoms in total. The number of nitrogens with one attached hydrogen (secondary N) is 2. The molecule has 0 spiro atoms. The lowest BCUT2D eigenvalue weighted by molar-refractivity contribution is -0.121. The van der Waals surface area contributed by atoms with Crippen LogP contribution in [0.15, 0.2) is 29.6 Å². The highest BCUT2D eigenvalue weighted by Crippen LogP contribution is 2.34. The van der Waals surface area contributed by atoms with Crippen LogP contribution in [0.1, 0.15) is 34.1 Å². The molecule has 1 aromatic heterocycles. The Bertz CT molecular complexity index is 789. The first-order chi connectivity index (χ1) is 12.6. The summed E-state index contributed by atoms with van der Waals surface area (Å²) in [5.41, 5.74) is 2.00. The zero-order chi connectivity index (χ0) is 18.5. The first-order valence-electron chi connectivity index (χ1n) is 8.51. The van der Waals surface area contributed by atoms with Crippen LogP contribution in [0.3, 0.4) is 0 Å². The van der Waals surface area contributed by atoms with Gasteiger partial charge in [-0.2, -0.15) is 0 Å². The van der Waals surface area contributed by atoms with Crippen molar-refractivity contribution < 1.29 is 19.1 Å². The molecule has 1 aliphatic heterocycles. The van der Waals surface area contributed by atoms with Gasteiger partial charge in [0, 0.05) is 37.1 Å². The van der Waals surface area contributed by atoms with E-state index in [1.165, 1.54) is 11.3 Å². The Hall–Kier alpha value is -2.54. The SMILES string of the molecule is COc1cc2c(cc1CNC(=O)CCNC(=O)c1cccs1)OC(C)C2. The van der Waals surface area contributed by atoms with Gasteiger partial charge in [0.1, 0.15) is 17.6 Å². The molecule has 26 heavy (non-hydrogen) atoms. The molecule has 7 heteroatoms. The second kappa shape index (κ2) is 8.23. The van der Waals surface area contributed by atoms with E-state index in [0.29, 0.717) is 18.0 Å². The number of fused-ring (bicyclic) bond motifs is 1. The second-order valence-corrected chi connectivity index (χ2v) is 7.11. The van der Waals surface area contributed by atoms with Crippen molar-refractivity contribution in [3.63, 3.8) is 0 Å². The summed E-state index contributed by atoms with van der Waals surface area (Å²) in [5, 5.41) is 7.45. The molecule has 0 saturated carbocycles. The average molecular weight is 374 g/mol. The summed E-state index contributed by atoms with van der Waals surface area (Å²) < 4.78 is 11.2. The van der Waals surface area contributed by atoms with Crippen LogP contribution < -0.4 is 20.1 Å². The van der Waals surface area contributed by atoms with Gasteiger partial charge in [-0.05, 0) is 30.5 Å². The van der Waals surface area contributed by atoms with Gasteiger partial charge in [0.25, 0.3) is 5.91 Å². The van der Waals surface area contributed by atoms with Gasteiger partial charge in [-0.3, -0.25) is 9.59 Å². The highest BCUT2D eigenvalue weighted by molar-refractivity contribution is 7.12. The summed E-state index contributed by atoms with van der Waals surface area (Å²) in [6, 6.07) is 7.47. The molecule has 0 saturated heterocycles.